The highest BCUT2D eigenvalue weighted by Crippen LogP contribution is 2.26. The number of oxazole rings is 1. The molecule has 1 spiro atoms. The van der Waals surface area contributed by atoms with E-state index in [9.17, 15) is 9.59 Å². The van der Waals surface area contributed by atoms with Gasteiger partial charge in [0.2, 0.25) is 11.5 Å². The van der Waals surface area contributed by atoms with Crippen LogP contribution < -0.4 is 0 Å². The molecule has 10 nitrogen and oxygen atoms in total. The van der Waals surface area contributed by atoms with Crippen LogP contribution in [0.5, 0.6) is 0 Å². The maximum atomic E-state index is 12.7. The highest BCUT2D eigenvalue weighted by molar-refractivity contribution is 5.94. The van der Waals surface area contributed by atoms with Gasteiger partial charge in [-0.3, -0.25) is 14.3 Å². The van der Waals surface area contributed by atoms with Crippen molar-refractivity contribution in [3.8, 4) is 0 Å². The molecule has 2 fully saturated rings. The Morgan fingerprint density at radius 1 is 1.11 bits per heavy atom. The number of amides is 2. The lowest BCUT2D eigenvalue weighted by Crippen LogP contribution is -2.63. The lowest BCUT2D eigenvalue weighted by atomic mass is 10.1. The van der Waals surface area contributed by atoms with Crippen LogP contribution in [0.25, 0.3) is 0 Å². The third kappa shape index (κ3) is 3.33. The molecule has 0 radical (unpaired) electrons. The van der Waals surface area contributed by atoms with Gasteiger partial charge in [0.25, 0.3) is 11.8 Å². The lowest BCUT2D eigenvalue weighted by molar-refractivity contribution is -0.282. The number of hydrogen-bond donors (Lipinski definition) is 0. The van der Waals surface area contributed by atoms with Gasteiger partial charge in [0, 0.05) is 26.3 Å². The van der Waals surface area contributed by atoms with Gasteiger partial charge in [0.05, 0.1) is 43.8 Å². The topological polar surface area (TPSA) is 103 Å². The molecular weight excluding hydrogens is 354 g/mol. The minimum Gasteiger partial charge on any atom is -0.438 e. The van der Waals surface area contributed by atoms with Crippen molar-refractivity contribution < 1.29 is 23.5 Å². The third-order valence-corrected chi connectivity index (χ3v) is 4.78. The second-order valence-corrected chi connectivity index (χ2v) is 6.73. The summed E-state index contributed by atoms with van der Waals surface area (Å²) >= 11 is 0. The Morgan fingerprint density at radius 3 is 2.33 bits per heavy atom. The smallest absolute Gasteiger partial charge is 0.291 e. The van der Waals surface area contributed by atoms with Crippen LogP contribution in [0.2, 0.25) is 0 Å². The molecule has 144 valence electrons. The van der Waals surface area contributed by atoms with Crippen LogP contribution in [-0.2, 0) is 16.5 Å². The minimum absolute atomic E-state index is 0.135. The molecule has 2 saturated heterocycles. The molecule has 2 aromatic heterocycles. The van der Waals surface area contributed by atoms with Crippen molar-refractivity contribution in [1.29, 1.82) is 0 Å². The van der Waals surface area contributed by atoms with Gasteiger partial charge in [-0.2, -0.15) is 5.10 Å². The summed E-state index contributed by atoms with van der Waals surface area (Å²) in [5, 5.41) is 4.05. The first-order valence-electron chi connectivity index (χ1n) is 8.73. The Hall–Kier alpha value is -2.72. The number of rotatable bonds is 2. The third-order valence-electron chi connectivity index (χ3n) is 4.78. The van der Waals surface area contributed by atoms with E-state index in [-0.39, 0.29) is 30.7 Å². The normalized spacial score (nSPS) is 23.0. The highest BCUT2D eigenvalue weighted by atomic mass is 16.7. The number of carbonyl (C=O) groups is 2. The number of aromatic nitrogens is 3. The van der Waals surface area contributed by atoms with Gasteiger partial charge in [-0.05, 0) is 6.92 Å². The van der Waals surface area contributed by atoms with Gasteiger partial charge in [-0.1, -0.05) is 0 Å². The Morgan fingerprint density at radius 2 is 1.78 bits per heavy atom. The molecule has 0 aliphatic carbocycles. The molecule has 0 bridgehead atoms. The van der Waals surface area contributed by atoms with Gasteiger partial charge in [-0.25, -0.2) is 4.98 Å². The van der Waals surface area contributed by atoms with Crippen molar-refractivity contribution in [2.24, 2.45) is 7.05 Å². The summed E-state index contributed by atoms with van der Waals surface area (Å²) in [6.07, 6.45) is 4.47. The monoisotopic (exact) mass is 375 g/mol. The average molecular weight is 375 g/mol. The van der Waals surface area contributed by atoms with E-state index in [4.69, 9.17) is 13.9 Å². The summed E-state index contributed by atoms with van der Waals surface area (Å²) in [4.78, 5) is 32.7. The fraction of sp³-hybridized carbons (Fsp3) is 0.529. The number of carbonyl (C=O) groups excluding carboxylic acids is 2. The van der Waals surface area contributed by atoms with Crippen LogP contribution in [0.15, 0.2) is 23.2 Å². The van der Waals surface area contributed by atoms with E-state index in [1.165, 1.54) is 12.6 Å². The average Bonchev–Trinajstić information content (AvgIpc) is 3.29. The Balaban J connectivity index is 1.49. The summed E-state index contributed by atoms with van der Waals surface area (Å²) in [5.74, 6) is -1.22. The maximum absolute atomic E-state index is 12.7. The quantitative estimate of drug-likeness (QED) is 0.731. The van der Waals surface area contributed by atoms with Gasteiger partial charge in [0.1, 0.15) is 0 Å². The summed E-state index contributed by atoms with van der Waals surface area (Å²) in [5.41, 5.74) is 1.05. The van der Waals surface area contributed by atoms with Crippen LogP contribution >= 0.6 is 0 Å². The van der Waals surface area contributed by atoms with Crippen LogP contribution in [0.3, 0.4) is 0 Å². The molecule has 0 N–H and O–H groups in total. The zero-order chi connectivity index (χ0) is 19.0. The number of ether oxygens (including phenoxy) is 2. The van der Waals surface area contributed by atoms with Crippen LogP contribution in [0, 0.1) is 6.92 Å². The predicted octanol–water partition coefficient (Wildman–Crippen LogP) is 0.0578. The van der Waals surface area contributed by atoms with E-state index in [1.54, 1.807) is 34.6 Å². The standard InChI is InChI=1S/C17H21N5O5/c1-12-14(25-11-18-12)16(24)22-4-6-27-17(10-22)9-21(3-5-26-17)15(23)13-7-19-20(2)8-13/h7-8,11H,3-6,9-10H2,1-2H3. The summed E-state index contributed by atoms with van der Waals surface area (Å²) in [7, 11) is 1.76. The van der Waals surface area contributed by atoms with Gasteiger partial charge >= 0.3 is 0 Å². The number of aryl methyl sites for hydroxylation is 2. The van der Waals surface area contributed by atoms with Crippen LogP contribution in [-0.4, -0.2) is 81.6 Å². The van der Waals surface area contributed by atoms with Gasteiger partial charge < -0.3 is 23.7 Å². The van der Waals surface area contributed by atoms with Crippen molar-refractivity contribution >= 4 is 11.8 Å². The molecule has 0 aromatic carbocycles. The Labute approximate surface area is 155 Å². The van der Waals surface area contributed by atoms with E-state index in [0.717, 1.165) is 0 Å². The number of morpholine rings is 2. The molecule has 2 amide bonds. The van der Waals surface area contributed by atoms with E-state index in [1.807, 2.05) is 0 Å². The highest BCUT2D eigenvalue weighted by Gasteiger charge is 2.45. The lowest BCUT2D eigenvalue weighted by Gasteiger charge is -2.47. The first kappa shape index (κ1) is 17.7. The molecule has 4 heterocycles. The molecule has 2 aliphatic heterocycles. The van der Waals surface area contributed by atoms with Crippen molar-refractivity contribution in [3.63, 3.8) is 0 Å². The zero-order valence-electron chi connectivity index (χ0n) is 15.3. The summed E-state index contributed by atoms with van der Waals surface area (Å²) < 4.78 is 18.6. The predicted molar refractivity (Wildman–Crippen MR) is 90.9 cm³/mol. The largest absolute Gasteiger partial charge is 0.438 e. The Kier molecular flexibility index (Phi) is 4.44. The van der Waals surface area contributed by atoms with E-state index in [0.29, 0.717) is 37.6 Å². The van der Waals surface area contributed by atoms with Gasteiger partial charge in [-0.15, -0.1) is 0 Å². The van der Waals surface area contributed by atoms with Crippen molar-refractivity contribution in [3.05, 3.63) is 35.8 Å². The second-order valence-electron chi connectivity index (χ2n) is 6.73. The number of nitrogens with zero attached hydrogens (tertiary/aromatic N) is 5. The first-order valence-corrected chi connectivity index (χ1v) is 8.73. The molecule has 27 heavy (non-hydrogen) atoms. The van der Waals surface area contributed by atoms with E-state index < -0.39 is 5.79 Å². The van der Waals surface area contributed by atoms with Crippen molar-refractivity contribution in [2.75, 3.05) is 39.4 Å². The molecule has 2 aliphatic rings. The van der Waals surface area contributed by atoms with Gasteiger partial charge in [0.15, 0.2) is 6.39 Å². The molecule has 10 heteroatoms. The first-order chi connectivity index (χ1) is 13.0. The van der Waals surface area contributed by atoms with Crippen LogP contribution in [0.1, 0.15) is 26.6 Å². The molecule has 1 unspecified atom stereocenters. The minimum atomic E-state index is -1.04. The second kappa shape index (κ2) is 6.78. The number of hydrogen-bond acceptors (Lipinski definition) is 7. The molecule has 2 aromatic rings. The SMILES string of the molecule is Cc1ncoc1C(=O)N1CCOC2(CN(C(=O)c3cnn(C)c3)CCO2)C1. The fourth-order valence-corrected chi connectivity index (χ4v) is 3.41. The van der Waals surface area contributed by atoms with Crippen molar-refractivity contribution in [1.82, 2.24) is 24.6 Å². The molecule has 4 rings (SSSR count). The van der Waals surface area contributed by atoms with Crippen LogP contribution in [0.4, 0.5) is 0 Å². The summed E-state index contributed by atoms with van der Waals surface area (Å²) in [6.45, 7) is 3.68. The molecule has 1 atom stereocenters. The Bertz CT molecular complexity index is 858. The molecular formula is C17H21N5O5. The van der Waals surface area contributed by atoms with E-state index >= 15 is 0 Å². The van der Waals surface area contributed by atoms with Crippen molar-refractivity contribution in [2.45, 2.75) is 12.7 Å². The van der Waals surface area contributed by atoms with E-state index in [2.05, 4.69) is 10.1 Å². The maximum Gasteiger partial charge on any atom is 0.291 e. The summed E-state index contributed by atoms with van der Waals surface area (Å²) in [6, 6.07) is 0. The fourth-order valence-electron chi connectivity index (χ4n) is 3.41. The molecule has 0 saturated carbocycles. The zero-order valence-corrected chi connectivity index (χ0v) is 15.3.